The zero-order valence-electron chi connectivity index (χ0n) is 21.7. The average Bonchev–Trinajstić information content (AvgIpc) is 2.94. The van der Waals surface area contributed by atoms with Gasteiger partial charge >= 0.3 is 5.97 Å². The normalized spacial score (nSPS) is 15.4. The smallest absolute Gasteiger partial charge is 0.331 e. The van der Waals surface area contributed by atoms with E-state index in [0.717, 1.165) is 54.5 Å². The van der Waals surface area contributed by atoms with E-state index in [-0.39, 0.29) is 23.6 Å². The van der Waals surface area contributed by atoms with Gasteiger partial charge in [-0.15, -0.1) is 0 Å². The number of methoxy groups -OCH3 is 1. The fourth-order valence-electron chi connectivity index (χ4n) is 5.01. The highest BCUT2D eigenvalue weighted by molar-refractivity contribution is 5.80. The lowest BCUT2D eigenvalue weighted by molar-refractivity contribution is -0.139. The molecule has 39 heavy (non-hydrogen) atoms. The number of rotatable bonds is 8. The lowest BCUT2D eigenvalue weighted by Gasteiger charge is -2.29. The first-order valence-corrected chi connectivity index (χ1v) is 12.7. The summed E-state index contributed by atoms with van der Waals surface area (Å²) in [7, 11) is 3.54. The van der Waals surface area contributed by atoms with E-state index in [1.165, 1.54) is 18.7 Å². The fraction of sp³-hybridized carbons (Fsp3) is 0.310. The minimum absolute atomic E-state index is 0.0106. The van der Waals surface area contributed by atoms with Crippen molar-refractivity contribution in [3.8, 4) is 17.0 Å². The van der Waals surface area contributed by atoms with Gasteiger partial charge in [-0.25, -0.2) is 19.2 Å². The van der Waals surface area contributed by atoms with Gasteiger partial charge in [0.15, 0.2) is 18.4 Å². The van der Waals surface area contributed by atoms with E-state index in [4.69, 9.17) is 9.47 Å². The Hall–Kier alpha value is -4.15. The number of halogens is 1. The van der Waals surface area contributed by atoms with Crippen LogP contribution < -0.4 is 10.3 Å². The Balaban J connectivity index is 1.52. The number of carboxylic acids is 1. The first-order chi connectivity index (χ1) is 18.9. The SMILES string of the molecule is COCOc1ccc(F)cc1C(C(=O)O)n1cnc2ccc(-c3ccc(C4CCN(C)CC4)cc3)nc2c1=O. The number of fused-ring (bicyclic) bond motifs is 1. The average molecular weight is 533 g/mol. The Morgan fingerprint density at radius 1 is 1.13 bits per heavy atom. The molecule has 3 heterocycles. The summed E-state index contributed by atoms with van der Waals surface area (Å²) < 4.78 is 25.5. The predicted octanol–water partition coefficient (Wildman–Crippen LogP) is 4.06. The van der Waals surface area contributed by atoms with Gasteiger partial charge in [0.05, 0.1) is 17.5 Å². The quantitative estimate of drug-likeness (QED) is 0.339. The summed E-state index contributed by atoms with van der Waals surface area (Å²) in [5.41, 5.74) is 2.29. The number of hydrogen-bond donors (Lipinski definition) is 1. The molecule has 0 amide bonds. The zero-order valence-corrected chi connectivity index (χ0v) is 21.7. The Kier molecular flexibility index (Phi) is 7.67. The van der Waals surface area contributed by atoms with Crippen molar-refractivity contribution < 1.29 is 23.8 Å². The highest BCUT2D eigenvalue weighted by Gasteiger charge is 2.28. The van der Waals surface area contributed by atoms with E-state index in [1.807, 2.05) is 12.1 Å². The fourth-order valence-corrected chi connectivity index (χ4v) is 5.01. The molecular weight excluding hydrogens is 503 g/mol. The molecule has 9 nitrogen and oxygen atoms in total. The standard InChI is InChI=1S/C29H29FN4O5/c1-33-13-11-19(12-14-33)18-3-5-20(6-4-18)23-8-9-24-26(32-23)28(35)34(16-31-24)27(29(36)37)22-15-21(30)7-10-25(22)39-17-38-2/h3-10,15-16,19,27H,11-14,17H2,1-2H3,(H,36,37). The molecule has 2 aromatic heterocycles. The number of benzene rings is 2. The molecule has 0 radical (unpaired) electrons. The first-order valence-electron chi connectivity index (χ1n) is 12.7. The van der Waals surface area contributed by atoms with Crippen LogP contribution in [-0.4, -0.2) is 64.6 Å². The third-order valence-electron chi connectivity index (χ3n) is 7.14. The number of likely N-dealkylation sites (tertiary alicyclic amines) is 1. The van der Waals surface area contributed by atoms with Crippen molar-refractivity contribution in [2.24, 2.45) is 0 Å². The molecule has 1 unspecified atom stereocenters. The Morgan fingerprint density at radius 2 is 1.87 bits per heavy atom. The predicted molar refractivity (Wildman–Crippen MR) is 143 cm³/mol. The van der Waals surface area contributed by atoms with Crippen molar-refractivity contribution in [3.63, 3.8) is 0 Å². The van der Waals surface area contributed by atoms with Crippen LogP contribution in [0, 0.1) is 5.82 Å². The minimum Gasteiger partial charge on any atom is -0.479 e. The molecule has 2 aromatic carbocycles. The van der Waals surface area contributed by atoms with Crippen LogP contribution >= 0.6 is 0 Å². The molecule has 0 spiro atoms. The van der Waals surface area contributed by atoms with Crippen LogP contribution in [0.3, 0.4) is 0 Å². The molecule has 1 aliphatic heterocycles. The lowest BCUT2D eigenvalue weighted by atomic mass is 9.89. The van der Waals surface area contributed by atoms with Crippen LogP contribution in [0.15, 0.2) is 65.7 Å². The van der Waals surface area contributed by atoms with Gasteiger partial charge in [0.2, 0.25) is 0 Å². The highest BCUT2D eigenvalue weighted by atomic mass is 19.1. The molecule has 0 aliphatic carbocycles. The van der Waals surface area contributed by atoms with Crippen molar-refractivity contribution in [1.82, 2.24) is 19.4 Å². The molecule has 10 heteroatoms. The molecule has 5 rings (SSSR count). The van der Waals surface area contributed by atoms with Gasteiger partial charge in [-0.2, -0.15) is 0 Å². The first kappa shape index (κ1) is 26.5. The molecule has 4 aromatic rings. The lowest BCUT2D eigenvalue weighted by Crippen LogP contribution is -2.31. The van der Waals surface area contributed by atoms with Gasteiger partial charge in [-0.3, -0.25) is 9.36 Å². The summed E-state index contributed by atoms with van der Waals surface area (Å²) >= 11 is 0. The topological polar surface area (TPSA) is 107 Å². The van der Waals surface area contributed by atoms with Crippen LogP contribution in [-0.2, 0) is 9.53 Å². The number of carboxylic acid groups (broad SMARTS) is 1. The van der Waals surface area contributed by atoms with Crippen LogP contribution in [0.5, 0.6) is 5.75 Å². The maximum atomic E-state index is 14.2. The monoisotopic (exact) mass is 532 g/mol. The second kappa shape index (κ2) is 11.3. The second-order valence-corrected chi connectivity index (χ2v) is 9.69. The number of ether oxygens (including phenoxy) is 2. The van der Waals surface area contributed by atoms with Crippen molar-refractivity contribution in [2.45, 2.75) is 24.8 Å². The van der Waals surface area contributed by atoms with Crippen LogP contribution in [0.1, 0.15) is 35.9 Å². The molecule has 0 bridgehead atoms. The largest absolute Gasteiger partial charge is 0.479 e. The Labute approximate surface area is 224 Å². The van der Waals surface area contributed by atoms with Crippen molar-refractivity contribution >= 4 is 17.0 Å². The summed E-state index contributed by atoms with van der Waals surface area (Å²) in [5, 5.41) is 10.1. The van der Waals surface area contributed by atoms with Gasteiger partial charge in [-0.05, 0) is 74.8 Å². The number of pyridine rings is 1. The van der Waals surface area contributed by atoms with E-state index < -0.39 is 23.4 Å². The molecule has 202 valence electrons. The summed E-state index contributed by atoms with van der Waals surface area (Å²) in [5.74, 6) is -1.47. The third-order valence-corrected chi connectivity index (χ3v) is 7.14. The third kappa shape index (κ3) is 5.52. The van der Waals surface area contributed by atoms with Gasteiger partial charge in [0.1, 0.15) is 11.6 Å². The molecular formula is C29H29FN4O5. The van der Waals surface area contributed by atoms with Gasteiger partial charge < -0.3 is 19.5 Å². The Bertz CT molecular complexity index is 1550. The number of aliphatic carboxylic acids is 1. The Morgan fingerprint density at radius 3 is 2.56 bits per heavy atom. The summed E-state index contributed by atoms with van der Waals surface area (Å²) in [6, 6.07) is 13.5. The van der Waals surface area contributed by atoms with E-state index in [9.17, 15) is 19.1 Å². The molecule has 1 fully saturated rings. The number of aromatic nitrogens is 3. The van der Waals surface area contributed by atoms with Crippen LogP contribution in [0.4, 0.5) is 4.39 Å². The highest BCUT2D eigenvalue weighted by Crippen LogP contribution is 2.31. The molecule has 1 saturated heterocycles. The van der Waals surface area contributed by atoms with E-state index in [0.29, 0.717) is 17.1 Å². The van der Waals surface area contributed by atoms with E-state index in [2.05, 4.69) is 34.0 Å². The number of hydrogen-bond acceptors (Lipinski definition) is 7. The number of nitrogens with zero attached hydrogens (tertiary/aromatic N) is 4. The maximum Gasteiger partial charge on any atom is 0.331 e. The van der Waals surface area contributed by atoms with Crippen LogP contribution in [0.2, 0.25) is 0 Å². The van der Waals surface area contributed by atoms with Crippen molar-refractivity contribution in [1.29, 1.82) is 0 Å². The van der Waals surface area contributed by atoms with Crippen molar-refractivity contribution in [2.75, 3.05) is 34.0 Å². The molecule has 0 saturated carbocycles. The summed E-state index contributed by atoms with van der Waals surface area (Å²) in [4.78, 5) is 37.1. The number of piperidine rings is 1. The summed E-state index contributed by atoms with van der Waals surface area (Å²) in [6.07, 6.45) is 3.36. The van der Waals surface area contributed by atoms with Gasteiger partial charge in [0, 0.05) is 18.2 Å². The minimum atomic E-state index is -1.60. The molecule has 1 N–H and O–H groups in total. The second-order valence-electron chi connectivity index (χ2n) is 9.69. The summed E-state index contributed by atoms with van der Waals surface area (Å²) in [6.45, 7) is 1.97. The number of carbonyl (C=O) groups is 1. The van der Waals surface area contributed by atoms with E-state index in [1.54, 1.807) is 12.1 Å². The van der Waals surface area contributed by atoms with Gasteiger partial charge in [0.25, 0.3) is 5.56 Å². The maximum absolute atomic E-state index is 14.2. The van der Waals surface area contributed by atoms with Crippen molar-refractivity contribution in [3.05, 3.63) is 88.2 Å². The molecule has 1 aliphatic rings. The van der Waals surface area contributed by atoms with Crippen LogP contribution in [0.25, 0.3) is 22.3 Å². The van der Waals surface area contributed by atoms with E-state index >= 15 is 0 Å². The van der Waals surface area contributed by atoms with Gasteiger partial charge in [-0.1, -0.05) is 24.3 Å². The zero-order chi connectivity index (χ0) is 27.5. The molecule has 1 atom stereocenters.